The number of urea groups is 1. The number of piperidine rings is 1. The zero-order chi connectivity index (χ0) is 30.8. The van der Waals surface area contributed by atoms with E-state index in [9.17, 15) is 19.5 Å². The molecule has 0 unspecified atom stereocenters. The number of nitrogens with zero attached hydrogens (tertiary/aromatic N) is 6. The van der Waals surface area contributed by atoms with E-state index in [1.807, 2.05) is 18.2 Å². The Kier molecular flexibility index (Phi) is 8.89. The molecule has 2 aliphatic heterocycles. The zero-order valence-electron chi connectivity index (χ0n) is 23.8. The van der Waals surface area contributed by atoms with Crippen molar-refractivity contribution < 1.29 is 14.7 Å². The maximum atomic E-state index is 13.9. The lowest BCUT2D eigenvalue weighted by Gasteiger charge is -2.38. The molecule has 44 heavy (non-hydrogen) atoms. The number of carbonyl (C=O) groups is 2. The molecule has 230 valence electrons. The van der Waals surface area contributed by atoms with Crippen molar-refractivity contribution in [1.29, 1.82) is 0 Å². The van der Waals surface area contributed by atoms with E-state index in [1.54, 1.807) is 51.2 Å². The van der Waals surface area contributed by atoms with Gasteiger partial charge in [0.2, 0.25) is 5.91 Å². The molecular formula is C30H32Br2N8O4. The SMILES string of the molecule is O=C(N[C@H](Cc1cc(Br)c(O)c(Br)c1)C(=O)N1CCN(c2ccncc2)CC1)N1CCC(n2c(=O)[nH]c3cccnc32)CC1. The second-order valence-corrected chi connectivity index (χ2v) is 12.7. The Balaban J connectivity index is 1.14. The fraction of sp³-hybridized carbons (Fsp3) is 0.367. The van der Waals surface area contributed by atoms with E-state index in [-0.39, 0.29) is 35.8 Å². The zero-order valence-corrected chi connectivity index (χ0v) is 27.0. The first-order chi connectivity index (χ1) is 21.3. The second kappa shape index (κ2) is 13.0. The van der Waals surface area contributed by atoms with Crippen LogP contribution in [0.15, 0.2) is 68.7 Å². The molecule has 0 spiro atoms. The summed E-state index contributed by atoms with van der Waals surface area (Å²) in [5.41, 5.74) is 2.93. The van der Waals surface area contributed by atoms with Crippen LogP contribution in [0.1, 0.15) is 24.4 Å². The fourth-order valence-corrected chi connectivity index (χ4v) is 7.28. The third-order valence-electron chi connectivity index (χ3n) is 8.32. The number of anilines is 1. The number of phenolic OH excluding ortho intramolecular Hbond substituents is 1. The van der Waals surface area contributed by atoms with Crippen LogP contribution < -0.4 is 15.9 Å². The van der Waals surface area contributed by atoms with Crippen LogP contribution in [-0.2, 0) is 11.2 Å². The largest absolute Gasteiger partial charge is 0.506 e. The normalized spacial score (nSPS) is 16.7. The number of halogens is 2. The van der Waals surface area contributed by atoms with E-state index < -0.39 is 6.04 Å². The van der Waals surface area contributed by atoms with Crippen LogP contribution in [0.25, 0.3) is 11.2 Å². The summed E-state index contributed by atoms with van der Waals surface area (Å²) in [6.07, 6.45) is 6.60. The molecule has 3 N–H and O–H groups in total. The average Bonchev–Trinajstić information content (AvgIpc) is 3.39. The van der Waals surface area contributed by atoms with Gasteiger partial charge in [0.15, 0.2) is 5.65 Å². The summed E-state index contributed by atoms with van der Waals surface area (Å²) in [5.74, 6) is -0.0837. The van der Waals surface area contributed by atoms with Crippen LogP contribution in [0, 0.1) is 0 Å². The van der Waals surface area contributed by atoms with Crippen molar-refractivity contribution >= 4 is 60.6 Å². The topological polar surface area (TPSA) is 140 Å². The number of aromatic amines is 1. The van der Waals surface area contributed by atoms with Crippen molar-refractivity contribution in [2.24, 2.45) is 0 Å². The van der Waals surface area contributed by atoms with Gasteiger partial charge in [-0.2, -0.15) is 0 Å². The van der Waals surface area contributed by atoms with Crippen LogP contribution >= 0.6 is 31.9 Å². The van der Waals surface area contributed by atoms with Crippen molar-refractivity contribution in [2.45, 2.75) is 31.3 Å². The number of nitrogens with one attached hydrogen (secondary N) is 2. The van der Waals surface area contributed by atoms with Gasteiger partial charge < -0.3 is 30.1 Å². The van der Waals surface area contributed by atoms with Crippen molar-refractivity contribution in [3.63, 3.8) is 0 Å². The van der Waals surface area contributed by atoms with E-state index in [0.29, 0.717) is 72.2 Å². The van der Waals surface area contributed by atoms with Crippen molar-refractivity contribution in [2.75, 3.05) is 44.2 Å². The van der Waals surface area contributed by atoms with Gasteiger partial charge in [0.25, 0.3) is 0 Å². The highest BCUT2D eigenvalue weighted by atomic mass is 79.9. The number of rotatable bonds is 6. The molecule has 2 fully saturated rings. The number of aromatic hydroxyl groups is 1. The first kappa shape index (κ1) is 30.1. The lowest BCUT2D eigenvalue weighted by Crippen LogP contribution is -2.57. The molecule has 0 radical (unpaired) electrons. The molecular weight excluding hydrogens is 696 g/mol. The maximum Gasteiger partial charge on any atom is 0.327 e. The van der Waals surface area contributed by atoms with Crippen molar-refractivity contribution in [1.82, 2.24) is 34.6 Å². The number of piperazine rings is 1. The number of carbonyl (C=O) groups excluding carboxylic acids is 2. The number of H-pyrrole nitrogens is 1. The van der Waals surface area contributed by atoms with Crippen LogP contribution in [-0.4, -0.2) is 91.7 Å². The molecule has 1 atom stereocenters. The summed E-state index contributed by atoms with van der Waals surface area (Å²) in [6.45, 7) is 3.25. The van der Waals surface area contributed by atoms with Gasteiger partial charge in [0.1, 0.15) is 11.8 Å². The third kappa shape index (κ3) is 6.32. The Morgan fingerprint density at radius 3 is 2.34 bits per heavy atom. The summed E-state index contributed by atoms with van der Waals surface area (Å²) in [4.78, 5) is 57.2. The minimum atomic E-state index is -0.809. The Hall–Kier alpha value is -3.91. The molecule has 0 bridgehead atoms. The van der Waals surface area contributed by atoms with Gasteiger partial charge in [-0.3, -0.25) is 14.3 Å². The molecule has 4 aromatic rings. The molecule has 3 aromatic heterocycles. The minimum absolute atomic E-state index is 0.0697. The number of benzene rings is 1. The molecule has 2 saturated heterocycles. The van der Waals surface area contributed by atoms with Gasteiger partial charge in [0, 0.05) is 76.0 Å². The van der Waals surface area contributed by atoms with Crippen LogP contribution in [0.3, 0.4) is 0 Å². The molecule has 0 aliphatic carbocycles. The number of fused-ring (bicyclic) bond motifs is 1. The number of imidazole rings is 1. The number of phenols is 1. The average molecular weight is 728 g/mol. The lowest BCUT2D eigenvalue weighted by atomic mass is 10.0. The maximum absolute atomic E-state index is 13.9. The number of pyridine rings is 2. The molecule has 2 aliphatic rings. The Labute approximate surface area is 270 Å². The number of likely N-dealkylation sites (tertiary alicyclic amines) is 1. The van der Waals surface area contributed by atoms with E-state index in [4.69, 9.17) is 0 Å². The predicted octanol–water partition coefficient (Wildman–Crippen LogP) is 3.66. The summed E-state index contributed by atoms with van der Waals surface area (Å²) in [6, 6.07) is 9.81. The first-order valence-electron chi connectivity index (χ1n) is 14.5. The molecule has 14 heteroatoms. The number of amides is 3. The monoisotopic (exact) mass is 726 g/mol. The van der Waals surface area contributed by atoms with Gasteiger partial charge >= 0.3 is 11.7 Å². The summed E-state index contributed by atoms with van der Waals surface area (Å²) in [7, 11) is 0. The number of hydrogen-bond acceptors (Lipinski definition) is 7. The quantitative estimate of drug-likeness (QED) is 0.276. The smallest absolute Gasteiger partial charge is 0.327 e. The highest BCUT2D eigenvalue weighted by Gasteiger charge is 2.32. The Bertz CT molecular complexity index is 1690. The Morgan fingerprint density at radius 1 is 0.977 bits per heavy atom. The first-order valence-corrected chi connectivity index (χ1v) is 16.1. The number of aromatic nitrogens is 4. The standard InChI is InChI=1S/C30H32Br2N8O4/c31-22-16-19(17-23(32)26(22)41)18-25(28(42)38-14-12-37(13-15-38)20-3-8-33-9-4-20)36-29(43)39-10-5-21(6-11-39)40-27-24(35-30(40)44)2-1-7-34-27/h1-4,7-9,16-17,21,25,41H,5-6,10-15,18H2,(H,35,44)(H,36,43)/t25-/m1/s1. The third-order valence-corrected chi connectivity index (χ3v) is 9.53. The van der Waals surface area contributed by atoms with Gasteiger partial charge in [0.05, 0.1) is 14.5 Å². The molecule has 1 aromatic carbocycles. The Morgan fingerprint density at radius 2 is 1.66 bits per heavy atom. The molecule has 5 heterocycles. The van der Waals surface area contributed by atoms with Gasteiger partial charge in [-0.05, 0) is 86.7 Å². The van der Waals surface area contributed by atoms with Crippen LogP contribution in [0.4, 0.5) is 10.5 Å². The van der Waals surface area contributed by atoms with Gasteiger partial charge in [-0.1, -0.05) is 0 Å². The van der Waals surface area contributed by atoms with Gasteiger partial charge in [-0.25, -0.2) is 14.6 Å². The van der Waals surface area contributed by atoms with E-state index >= 15 is 0 Å². The molecule has 6 rings (SSSR count). The molecule has 0 saturated carbocycles. The fourth-order valence-electron chi connectivity index (χ4n) is 6.00. The molecule has 12 nitrogen and oxygen atoms in total. The molecule has 3 amide bonds. The predicted molar refractivity (Wildman–Crippen MR) is 173 cm³/mol. The van der Waals surface area contributed by atoms with Crippen molar-refractivity contribution in [3.8, 4) is 5.75 Å². The van der Waals surface area contributed by atoms with Crippen LogP contribution in [0.5, 0.6) is 5.75 Å². The number of hydrogen-bond donors (Lipinski definition) is 3. The van der Waals surface area contributed by atoms with Crippen LogP contribution in [0.2, 0.25) is 0 Å². The van der Waals surface area contributed by atoms with E-state index in [2.05, 4.69) is 57.0 Å². The van der Waals surface area contributed by atoms with Crippen molar-refractivity contribution in [3.05, 3.63) is 80.0 Å². The highest BCUT2D eigenvalue weighted by molar-refractivity contribution is 9.11. The second-order valence-electron chi connectivity index (χ2n) is 11.0. The van der Waals surface area contributed by atoms with E-state index in [0.717, 1.165) is 11.3 Å². The highest BCUT2D eigenvalue weighted by Crippen LogP contribution is 2.34. The lowest BCUT2D eigenvalue weighted by molar-refractivity contribution is -0.133. The summed E-state index contributed by atoms with van der Waals surface area (Å²) >= 11 is 6.75. The summed E-state index contributed by atoms with van der Waals surface area (Å²) in [5, 5.41) is 13.2. The van der Waals surface area contributed by atoms with E-state index in [1.165, 1.54) is 0 Å². The van der Waals surface area contributed by atoms with Gasteiger partial charge in [-0.15, -0.1) is 0 Å². The summed E-state index contributed by atoms with van der Waals surface area (Å²) < 4.78 is 2.67. The minimum Gasteiger partial charge on any atom is -0.506 e.